The lowest BCUT2D eigenvalue weighted by Crippen LogP contribution is -2.14. The molecule has 154 valence electrons. The highest BCUT2D eigenvalue weighted by atomic mass is 32.2. The Hall–Kier alpha value is -3.05. The van der Waals surface area contributed by atoms with Crippen LogP contribution in [0.2, 0.25) is 0 Å². The Balaban J connectivity index is 1.58. The van der Waals surface area contributed by atoms with E-state index in [1.54, 1.807) is 29.0 Å². The summed E-state index contributed by atoms with van der Waals surface area (Å²) in [6.07, 6.45) is 2.33. The number of carbonyl (C=O) groups excluding carboxylic acids is 1. The zero-order valence-corrected chi connectivity index (χ0v) is 17.8. The predicted octanol–water partition coefficient (Wildman–Crippen LogP) is 4.12. The van der Waals surface area contributed by atoms with Gasteiger partial charge in [0, 0.05) is 5.69 Å². The highest BCUT2D eigenvalue weighted by Gasteiger charge is 2.20. The van der Waals surface area contributed by atoms with Crippen LogP contribution in [0.5, 0.6) is 0 Å². The van der Waals surface area contributed by atoms with Crippen molar-refractivity contribution in [3.8, 4) is 17.1 Å². The monoisotopic (exact) mass is 444 g/mol. The number of aromatic nitrogens is 5. The van der Waals surface area contributed by atoms with Crippen LogP contribution in [0.1, 0.15) is 17.7 Å². The largest absolute Gasteiger partial charge is 0.469 e. The van der Waals surface area contributed by atoms with Crippen LogP contribution in [-0.2, 0) is 11.2 Å². The summed E-state index contributed by atoms with van der Waals surface area (Å²) in [5, 5.41) is 21.0. The molecule has 0 radical (unpaired) electrons. The molecule has 0 atom stereocenters. The number of hydrogen-bond donors (Lipinski definition) is 1. The van der Waals surface area contributed by atoms with Gasteiger partial charge < -0.3 is 4.42 Å². The number of thioether (sulfide) groups is 1. The first-order valence-electron chi connectivity index (χ1n) is 9.06. The summed E-state index contributed by atoms with van der Waals surface area (Å²) in [4.78, 5) is 12.4. The molecule has 0 spiro atoms. The predicted molar refractivity (Wildman–Crippen MR) is 112 cm³/mol. The number of halogens is 1. The molecule has 0 unspecified atom stereocenters. The molecule has 0 aliphatic carbocycles. The fourth-order valence-electron chi connectivity index (χ4n) is 2.71. The average molecular weight is 445 g/mol. The lowest BCUT2D eigenvalue weighted by molar-refractivity contribution is -0.113. The van der Waals surface area contributed by atoms with Gasteiger partial charge >= 0.3 is 0 Å². The average Bonchev–Trinajstić information content (AvgIpc) is 3.46. The molecule has 0 fully saturated rings. The van der Waals surface area contributed by atoms with E-state index >= 15 is 0 Å². The van der Waals surface area contributed by atoms with E-state index in [1.165, 1.54) is 35.2 Å². The van der Waals surface area contributed by atoms with Gasteiger partial charge in [0.1, 0.15) is 16.6 Å². The van der Waals surface area contributed by atoms with E-state index in [2.05, 4.69) is 25.7 Å². The maximum Gasteiger partial charge on any atom is 0.236 e. The fourth-order valence-corrected chi connectivity index (χ4v) is 4.16. The van der Waals surface area contributed by atoms with E-state index in [0.717, 1.165) is 17.0 Å². The third-order valence-corrected chi connectivity index (χ3v) is 6.08. The summed E-state index contributed by atoms with van der Waals surface area (Å²) in [5.74, 6) is 0.763. The molecule has 30 heavy (non-hydrogen) atoms. The number of furan rings is 1. The minimum absolute atomic E-state index is 0.102. The standard InChI is InChI=1S/C19H17FN6O2S2/c1-3-16-22-24-18(30-16)21-15(27)10-29-19-25-23-17(14-8-9-28-11(14)2)26(19)13-6-4-12(20)5-7-13/h4-9H,3,10H2,1-2H3,(H,21,24,27). The SMILES string of the molecule is CCc1nnc(NC(=O)CSc2nnc(-c3ccoc3C)n2-c2ccc(F)cc2)s1. The van der Waals surface area contributed by atoms with Gasteiger partial charge in [-0.15, -0.1) is 20.4 Å². The molecule has 4 aromatic rings. The Kier molecular flexibility index (Phi) is 5.91. The van der Waals surface area contributed by atoms with Crippen molar-refractivity contribution in [3.63, 3.8) is 0 Å². The van der Waals surface area contributed by atoms with Gasteiger partial charge in [-0.25, -0.2) is 4.39 Å². The molecule has 8 nitrogen and oxygen atoms in total. The van der Waals surface area contributed by atoms with Gasteiger partial charge in [-0.3, -0.25) is 14.7 Å². The van der Waals surface area contributed by atoms with E-state index < -0.39 is 0 Å². The zero-order valence-electron chi connectivity index (χ0n) is 16.1. The van der Waals surface area contributed by atoms with E-state index in [4.69, 9.17) is 4.42 Å². The molecule has 0 saturated carbocycles. The van der Waals surface area contributed by atoms with Gasteiger partial charge in [-0.05, 0) is 43.7 Å². The minimum Gasteiger partial charge on any atom is -0.469 e. The van der Waals surface area contributed by atoms with Crippen molar-refractivity contribution in [1.82, 2.24) is 25.0 Å². The van der Waals surface area contributed by atoms with Crippen LogP contribution < -0.4 is 5.32 Å². The van der Waals surface area contributed by atoms with Gasteiger partial charge in [0.2, 0.25) is 11.0 Å². The summed E-state index contributed by atoms with van der Waals surface area (Å²) < 4.78 is 20.6. The third kappa shape index (κ3) is 4.26. The first-order chi connectivity index (χ1) is 14.5. The second kappa shape index (κ2) is 8.76. The molecule has 0 aliphatic heterocycles. The second-order valence-electron chi connectivity index (χ2n) is 6.20. The molecule has 3 aromatic heterocycles. The van der Waals surface area contributed by atoms with Crippen LogP contribution in [0.4, 0.5) is 9.52 Å². The number of aryl methyl sites for hydroxylation is 2. The first kappa shape index (κ1) is 20.2. The van der Waals surface area contributed by atoms with E-state index in [-0.39, 0.29) is 17.5 Å². The van der Waals surface area contributed by atoms with Crippen LogP contribution >= 0.6 is 23.1 Å². The molecular formula is C19H17FN6O2S2. The minimum atomic E-state index is -0.343. The summed E-state index contributed by atoms with van der Waals surface area (Å²) >= 11 is 2.57. The fraction of sp³-hybridized carbons (Fsp3) is 0.211. The van der Waals surface area contributed by atoms with Crippen molar-refractivity contribution in [2.75, 3.05) is 11.1 Å². The van der Waals surface area contributed by atoms with Crippen LogP contribution in [0, 0.1) is 12.7 Å². The highest BCUT2D eigenvalue weighted by Crippen LogP contribution is 2.30. The van der Waals surface area contributed by atoms with Crippen molar-refractivity contribution < 1.29 is 13.6 Å². The number of amides is 1. The number of benzene rings is 1. The smallest absolute Gasteiger partial charge is 0.236 e. The van der Waals surface area contributed by atoms with Gasteiger partial charge in [0.25, 0.3) is 0 Å². The summed E-state index contributed by atoms with van der Waals surface area (Å²) in [5.41, 5.74) is 1.45. The third-order valence-electron chi connectivity index (χ3n) is 4.17. The quantitative estimate of drug-likeness (QED) is 0.428. The van der Waals surface area contributed by atoms with Gasteiger partial charge in [0.15, 0.2) is 11.0 Å². The maximum atomic E-state index is 13.4. The molecule has 11 heteroatoms. The van der Waals surface area contributed by atoms with E-state index in [1.807, 2.05) is 13.8 Å². The molecule has 0 bridgehead atoms. The molecule has 4 rings (SSSR count). The Morgan fingerprint density at radius 3 is 2.67 bits per heavy atom. The molecule has 3 heterocycles. The van der Waals surface area contributed by atoms with Crippen LogP contribution in [0.15, 0.2) is 46.2 Å². The molecule has 0 aliphatic rings. The molecule has 1 aromatic carbocycles. The summed E-state index contributed by atoms with van der Waals surface area (Å²) in [6.45, 7) is 3.80. The zero-order chi connectivity index (χ0) is 21.1. The summed E-state index contributed by atoms with van der Waals surface area (Å²) in [7, 11) is 0. The molecule has 1 N–H and O–H groups in total. The van der Waals surface area contributed by atoms with Gasteiger partial charge in [-0.2, -0.15) is 0 Å². The lowest BCUT2D eigenvalue weighted by Gasteiger charge is -2.10. The van der Waals surface area contributed by atoms with Gasteiger partial charge in [0.05, 0.1) is 17.6 Å². The Bertz CT molecular complexity index is 1170. The van der Waals surface area contributed by atoms with Crippen molar-refractivity contribution in [1.29, 1.82) is 0 Å². The molecule has 0 saturated heterocycles. The highest BCUT2D eigenvalue weighted by molar-refractivity contribution is 7.99. The van der Waals surface area contributed by atoms with Crippen LogP contribution in [0.3, 0.4) is 0 Å². The van der Waals surface area contributed by atoms with Gasteiger partial charge in [-0.1, -0.05) is 30.0 Å². The van der Waals surface area contributed by atoms with Crippen molar-refractivity contribution in [2.24, 2.45) is 0 Å². The number of carbonyl (C=O) groups is 1. The van der Waals surface area contributed by atoms with E-state index in [0.29, 0.717) is 27.6 Å². The van der Waals surface area contributed by atoms with E-state index in [9.17, 15) is 9.18 Å². The van der Waals surface area contributed by atoms with Crippen molar-refractivity contribution >= 4 is 34.1 Å². The summed E-state index contributed by atoms with van der Waals surface area (Å²) in [6, 6.07) is 7.79. The van der Waals surface area contributed by atoms with Crippen LogP contribution in [0.25, 0.3) is 17.1 Å². The maximum absolute atomic E-state index is 13.4. The second-order valence-corrected chi connectivity index (χ2v) is 8.20. The first-order valence-corrected chi connectivity index (χ1v) is 10.9. The molecule has 1 amide bonds. The van der Waals surface area contributed by atoms with Crippen molar-refractivity contribution in [3.05, 3.63) is 53.2 Å². The van der Waals surface area contributed by atoms with Crippen LogP contribution in [-0.4, -0.2) is 36.6 Å². The topological polar surface area (TPSA) is 98.7 Å². The Labute approximate surface area is 179 Å². The molecular weight excluding hydrogens is 427 g/mol. The van der Waals surface area contributed by atoms with Crippen molar-refractivity contribution in [2.45, 2.75) is 25.4 Å². The Morgan fingerprint density at radius 2 is 2.00 bits per heavy atom. The Morgan fingerprint density at radius 1 is 1.20 bits per heavy atom. The number of anilines is 1. The lowest BCUT2D eigenvalue weighted by atomic mass is 10.2. The number of hydrogen-bond acceptors (Lipinski definition) is 8. The normalized spacial score (nSPS) is 11.0. The number of rotatable bonds is 7. The number of nitrogens with zero attached hydrogens (tertiary/aromatic N) is 5. The number of nitrogens with one attached hydrogen (secondary N) is 1.